The Morgan fingerprint density at radius 2 is 1.95 bits per heavy atom. The fourth-order valence-corrected chi connectivity index (χ4v) is 2.89. The number of ether oxygens (including phenoxy) is 1. The summed E-state index contributed by atoms with van der Waals surface area (Å²) in [6, 6.07) is 8.89. The summed E-state index contributed by atoms with van der Waals surface area (Å²) in [6.45, 7) is -0.373. The highest BCUT2D eigenvalue weighted by atomic mass is 32.2. The van der Waals surface area contributed by atoms with E-state index in [1.54, 1.807) is 17.5 Å². The quantitative estimate of drug-likeness (QED) is 0.622. The summed E-state index contributed by atoms with van der Waals surface area (Å²) < 4.78 is 27.8. The Balaban J connectivity index is 2.06. The number of sulfone groups is 1. The maximum Gasteiger partial charge on any atom is 0.338 e. The van der Waals surface area contributed by atoms with Crippen molar-refractivity contribution in [2.45, 2.75) is 4.90 Å². The SMILES string of the molecule is CS(=O)(=O)c1cccc(C(=O)OCC(=O)c2cccs2)c1. The third kappa shape index (κ3) is 3.99. The third-order valence-electron chi connectivity index (χ3n) is 2.63. The van der Waals surface area contributed by atoms with E-state index >= 15 is 0 Å². The van der Waals surface area contributed by atoms with Crippen LogP contribution in [0.15, 0.2) is 46.7 Å². The molecule has 0 radical (unpaired) electrons. The van der Waals surface area contributed by atoms with Gasteiger partial charge in [0.2, 0.25) is 5.78 Å². The first-order chi connectivity index (χ1) is 9.88. The monoisotopic (exact) mass is 324 g/mol. The summed E-state index contributed by atoms with van der Waals surface area (Å²) in [4.78, 5) is 24.1. The summed E-state index contributed by atoms with van der Waals surface area (Å²) in [5, 5.41) is 1.75. The summed E-state index contributed by atoms with van der Waals surface area (Å²) in [5.74, 6) is -1.02. The standard InChI is InChI=1S/C14H12O5S2/c1-21(17,18)11-5-2-4-10(8-11)14(16)19-9-12(15)13-6-3-7-20-13/h2-8H,9H2,1H3. The predicted molar refractivity (Wildman–Crippen MR) is 78.5 cm³/mol. The largest absolute Gasteiger partial charge is 0.454 e. The molecule has 0 fully saturated rings. The van der Waals surface area contributed by atoms with E-state index in [1.807, 2.05) is 0 Å². The van der Waals surface area contributed by atoms with Crippen LogP contribution in [0.5, 0.6) is 0 Å². The van der Waals surface area contributed by atoms with Crippen LogP contribution < -0.4 is 0 Å². The lowest BCUT2D eigenvalue weighted by Crippen LogP contribution is -2.13. The smallest absolute Gasteiger partial charge is 0.338 e. The number of ketones is 1. The summed E-state index contributed by atoms with van der Waals surface area (Å²) >= 11 is 1.26. The van der Waals surface area contributed by atoms with Gasteiger partial charge < -0.3 is 4.74 Å². The molecular formula is C14H12O5S2. The maximum atomic E-state index is 11.8. The molecule has 1 heterocycles. The second-order valence-corrected chi connectivity index (χ2v) is 7.24. The van der Waals surface area contributed by atoms with Crippen LogP contribution in [0.25, 0.3) is 0 Å². The van der Waals surface area contributed by atoms with Crippen LogP contribution in [0.1, 0.15) is 20.0 Å². The molecule has 0 saturated carbocycles. The van der Waals surface area contributed by atoms with Gasteiger partial charge in [-0.2, -0.15) is 0 Å². The highest BCUT2D eigenvalue weighted by molar-refractivity contribution is 7.90. The van der Waals surface area contributed by atoms with Crippen molar-refractivity contribution in [1.29, 1.82) is 0 Å². The van der Waals surface area contributed by atoms with E-state index in [2.05, 4.69) is 0 Å². The molecule has 21 heavy (non-hydrogen) atoms. The van der Waals surface area contributed by atoms with Crippen molar-refractivity contribution in [3.05, 3.63) is 52.2 Å². The van der Waals surface area contributed by atoms with Gasteiger partial charge in [-0.25, -0.2) is 13.2 Å². The molecule has 7 heteroatoms. The summed E-state index contributed by atoms with van der Waals surface area (Å²) in [5.41, 5.74) is 0.0944. The molecule has 1 aromatic heterocycles. The number of hydrogen-bond acceptors (Lipinski definition) is 6. The van der Waals surface area contributed by atoms with Gasteiger partial charge in [-0.05, 0) is 29.6 Å². The molecule has 2 aromatic rings. The molecular weight excluding hydrogens is 312 g/mol. The topological polar surface area (TPSA) is 77.5 Å². The Kier molecular flexibility index (Phi) is 4.54. The van der Waals surface area contributed by atoms with Crippen molar-refractivity contribution >= 4 is 32.9 Å². The molecule has 0 aliphatic carbocycles. The van der Waals surface area contributed by atoms with E-state index in [0.29, 0.717) is 4.88 Å². The molecule has 1 aromatic carbocycles. The molecule has 110 valence electrons. The van der Waals surface area contributed by atoms with E-state index in [0.717, 1.165) is 6.26 Å². The lowest BCUT2D eigenvalue weighted by molar-refractivity contribution is 0.0475. The normalized spacial score (nSPS) is 11.1. The van der Waals surface area contributed by atoms with Crippen LogP contribution in [-0.4, -0.2) is 33.0 Å². The van der Waals surface area contributed by atoms with Crippen molar-refractivity contribution in [2.24, 2.45) is 0 Å². The minimum absolute atomic E-state index is 0.0292. The molecule has 0 aliphatic rings. The van der Waals surface area contributed by atoms with E-state index in [4.69, 9.17) is 4.74 Å². The predicted octanol–water partition coefficient (Wildman–Crippen LogP) is 2.19. The van der Waals surface area contributed by atoms with Crippen LogP contribution in [0.4, 0.5) is 0 Å². The van der Waals surface area contributed by atoms with Gasteiger partial charge in [0.25, 0.3) is 0 Å². The molecule has 0 aliphatic heterocycles. The van der Waals surface area contributed by atoms with Gasteiger partial charge >= 0.3 is 5.97 Å². The van der Waals surface area contributed by atoms with E-state index in [-0.39, 0.29) is 22.8 Å². The number of carbonyl (C=O) groups is 2. The zero-order valence-electron chi connectivity index (χ0n) is 11.1. The van der Waals surface area contributed by atoms with Crippen molar-refractivity contribution in [3.8, 4) is 0 Å². The zero-order chi connectivity index (χ0) is 15.5. The van der Waals surface area contributed by atoms with Crippen molar-refractivity contribution in [1.82, 2.24) is 0 Å². The van der Waals surface area contributed by atoms with Crippen LogP contribution in [0, 0.1) is 0 Å². The second kappa shape index (κ2) is 6.19. The van der Waals surface area contributed by atoms with Gasteiger partial charge in [0.15, 0.2) is 16.4 Å². The molecule has 0 amide bonds. The average Bonchev–Trinajstić information content (AvgIpc) is 2.98. The van der Waals surface area contributed by atoms with Crippen LogP contribution >= 0.6 is 11.3 Å². The minimum Gasteiger partial charge on any atom is -0.454 e. The Morgan fingerprint density at radius 3 is 2.57 bits per heavy atom. The fraction of sp³-hybridized carbons (Fsp3) is 0.143. The second-order valence-electron chi connectivity index (χ2n) is 4.28. The first kappa shape index (κ1) is 15.4. The van der Waals surface area contributed by atoms with E-state index in [1.165, 1.54) is 35.6 Å². The van der Waals surface area contributed by atoms with Gasteiger partial charge in [-0.15, -0.1) is 11.3 Å². The number of rotatable bonds is 5. The molecule has 0 bridgehead atoms. The highest BCUT2D eigenvalue weighted by Crippen LogP contribution is 2.13. The maximum absolute atomic E-state index is 11.8. The summed E-state index contributed by atoms with van der Waals surface area (Å²) in [6.07, 6.45) is 1.05. The number of esters is 1. The van der Waals surface area contributed by atoms with Gasteiger partial charge in [-0.3, -0.25) is 4.79 Å². The van der Waals surface area contributed by atoms with Crippen LogP contribution in [-0.2, 0) is 14.6 Å². The van der Waals surface area contributed by atoms with Crippen LogP contribution in [0.3, 0.4) is 0 Å². The minimum atomic E-state index is -3.40. The van der Waals surface area contributed by atoms with Gasteiger partial charge in [0, 0.05) is 6.26 Å². The molecule has 0 spiro atoms. The average molecular weight is 324 g/mol. The Hall–Kier alpha value is -1.99. The Bertz CT molecular complexity index is 760. The number of carbonyl (C=O) groups excluding carboxylic acids is 2. The van der Waals surface area contributed by atoms with Crippen LogP contribution in [0.2, 0.25) is 0 Å². The van der Waals surface area contributed by atoms with Crippen molar-refractivity contribution in [2.75, 3.05) is 12.9 Å². The number of thiophene rings is 1. The zero-order valence-corrected chi connectivity index (χ0v) is 12.7. The third-order valence-corrected chi connectivity index (χ3v) is 4.65. The van der Waals surface area contributed by atoms with Gasteiger partial charge in [0.05, 0.1) is 15.3 Å². The van der Waals surface area contributed by atoms with Gasteiger partial charge in [-0.1, -0.05) is 12.1 Å². The lowest BCUT2D eigenvalue weighted by atomic mass is 10.2. The fourth-order valence-electron chi connectivity index (χ4n) is 1.58. The molecule has 0 saturated heterocycles. The molecule has 0 N–H and O–H groups in total. The van der Waals surface area contributed by atoms with E-state index < -0.39 is 15.8 Å². The Labute approximate surface area is 126 Å². The number of Topliss-reactive ketones (excluding diaryl/α,β-unsaturated/α-hetero) is 1. The molecule has 5 nitrogen and oxygen atoms in total. The molecule has 0 atom stereocenters. The molecule has 2 rings (SSSR count). The lowest BCUT2D eigenvalue weighted by Gasteiger charge is -2.05. The van der Waals surface area contributed by atoms with E-state index in [9.17, 15) is 18.0 Å². The summed E-state index contributed by atoms with van der Waals surface area (Å²) in [7, 11) is -3.40. The first-order valence-corrected chi connectivity index (χ1v) is 8.69. The van der Waals surface area contributed by atoms with Crippen molar-refractivity contribution < 1.29 is 22.7 Å². The van der Waals surface area contributed by atoms with Crippen molar-refractivity contribution in [3.63, 3.8) is 0 Å². The van der Waals surface area contributed by atoms with Gasteiger partial charge in [0.1, 0.15) is 0 Å². The highest BCUT2D eigenvalue weighted by Gasteiger charge is 2.15. The number of benzene rings is 1. The first-order valence-electron chi connectivity index (χ1n) is 5.92. The molecule has 0 unspecified atom stereocenters. The Morgan fingerprint density at radius 1 is 1.19 bits per heavy atom. The number of hydrogen-bond donors (Lipinski definition) is 0.